The minimum atomic E-state index is 0.473. The van der Waals surface area contributed by atoms with Gasteiger partial charge in [-0.25, -0.2) is 15.0 Å². The summed E-state index contributed by atoms with van der Waals surface area (Å²) in [6.45, 7) is 2.96. The molecule has 0 atom stereocenters. The van der Waals surface area contributed by atoms with E-state index in [-0.39, 0.29) is 0 Å². The molecule has 0 aromatic carbocycles. The third-order valence-electron chi connectivity index (χ3n) is 2.68. The zero-order valence-electron chi connectivity index (χ0n) is 11.2. The van der Waals surface area contributed by atoms with Crippen LogP contribution in [0.15, 0.2) is 24.7 Å². The highest BCUT2D eigenvalue weighted by molar-refractivity contribution is 6.30. The van der Waals surface area contributed by atoms with E-state index in [2.05, 4.69) is 32.5 Å². The molecule has 2 heterocycles. The number of nitrogens with two attached hydrogens (primary N) is 1. The first-order valence-corrected chi connectivity index (χ1v) is 6.81. The number of aromatic nitrogens is 3. The fourth-order valence-electron chi connectivity index (χ4n) is 1.59. The van der Waals surface area contributed by atoms with Crippen molar-refractivity contribution in [3.05, 3.63) is 29.7 Å². The number of hydrogen-bond donors (Lipinski definition) is 3. The molecule has 0 unspecified atom stereocenters. The average Bonchev–Trinajstić information content (AvgIpc) is 2.45. The summed E-state index contributed by atoms with van der Waals surface area (Å²) in [7, 11) is 0. The van der Waals surface area contributed by atoms with Crippen LogP contribution in [0.1, 0.15) is 19.8 Å². The summed E-state index contributed by atoms with van der Waals surface area (Å²) >= 11 is 5.79. The zero-order chi connectivity index (χ0) is 14.4. The van der Waals surface area contributed by atoms with Crippen LogP contribution in [0.5, 0.6) is 0 Å². The summed E-state index contributed by atoms with van der Waals surface area (Å²) in [6, 6.07) is 3.50. The van der Waals surface area contributed by atoms with E-state index >= 15 is 0 Å². The van der Waals surface area contributed by atoms with Gasteiger partial charge < -0.3 is 16.4 Å². The number of halogens is 1. The van der Waals surface area contributed by atoms with E-state index < -0.39 is 0 Å². The van der Waals surface area contributed by atoms with Gasteiger partial charge >= 0.3 is 0 Å². The molecule has 0 saturated carbocycles. The van der Waals surface area contributed by atoms with Crippen molar-refractivity contribution in [2.45, 2.75) is 19.8 Å². The van der Waals surface area contributed by atoms with E-state index in [0.717, 1.165) is 19.4 Å². The molecule has 20 heavy (non-hydrogen) atoms. The molecule has 106 valence electrons. The molecule has 4 N–H and O–H groups in total. The van der Waals surface area contributed by atoms with Crippen molar-refractivity contribution < 1.29 is 0 Å². The van der Waals surface area contributed by atoms with Gasteiger partial charge in [0.15, 0.2) is 11.6 Å². The molecule has 0 saturated heterocycles. The van der Waals surface area contributed by atoms with E-state index in [0.29, 0.717) is 28.2 Å². The molecule has 0 bridgehead atoms. The second-order valence-electron chi connectivity index (χ2n) is 4.25. The molecule has 0 fully saturated rings. The largest absolute Gasteiger partial charge is 0.393 e. The number of nitrogen functional groups attached to an aromatic ring is 1. The molecule has 2 aromatic heterocycles. The van der Waals surface area contributed by atoms with Crippen LogP contribution in [-0.4, -0.2) is 21.5 Å². The van der Waals surface area contributed by atoms with Crippen molar-refractivity contribution >= 4 is 34.7 Å². The number of nitrogens with zero attached hydrogens (tertiary/aromatic N) is 3. The molecule has 0 aliphatic rings. The Bertz CT molecular complexity index is 557. The smallest absolute Gasteiger partial charge is 0.160 e. The third-order valence-corrected chi connectivity index (χ3v) is 2.90. The third kappa shape index (κ3) is 3.71. The quantitative estimate of drug-likeness (QED) is 0.709. The lowest BCUT2D eigenvalue weighted by Gasteiger charge is -2.11. The topological polar surface area (TPSA) is 88.8 Å². The van der Waals surface area contributed by atoms with Gasteiger partial charge in [-0.2, -0.15) is 0 Å². The second kappa shape index (κ2) is 6.91. The Morgan fingerprint density at radius 3 is 2.70 bits per heavy atom. The summed E-state index contributed by atoms with van der Waals surface area (Å²) in [5, 5.41) is 6.81. The number of hydrogen-bond acceptors (Lipinski definition) is 6. The first kappa shape index (κ1) is 14.3. The predicted octanol–water partition coefficient (Wildman–Crippen LogP) is 3.06. The van der Waals surface area contributed by atoms with Gasteiger partial charge in [-0.1, -0.05) is 24.9 Å². The van der Waals surface area contributed by atoms with Crippen LogP contribution in [0.3, 0.4) is 0 Å². The second-order valence-corrected chi connectivity index (χ2v) is 4.69. The van der Waals surface area contributed by atoms with E-state index in [1.54, 1.807) is 18.3 Å². The first-order chi connectivity index (χ1) is 9.70. The van der Waals surface area contributed by atoms with Gasteiger partial charge in [-0.05, 0) is 18.6 Å². The van der Waals surface area contributed by atoms with Crippen LogP contribution in [0.4, 0.5) is 23.1 Å². The number of pyridine rings is 1. The minimum absolute atomic E-state index is 0.473. The Morgan fingerprint density at radius 1 is 1.20 bits per heavy atom. The summed E-state index contributed by atoms with van der Waals surface area (Å²) in [6.07, 6.45) is 5.19. The van der Waals surface area contributed by atoms with Gasteiger partial charge in [-0.15, -0.1) is 0 Å². The van der Waals surface area contributed by atoms with Gasteiger partial charge in [0.25, 0.3) is 0 Å². The van der Waals surface area contributed by atoms with E-state index in [1.165, 1.54) is 6.33 Å². The molecule has 0 aliphatic heterocycles. The Hall–Kier alpha value is -2.08. The fraction of sp³-hybridized carbons (Fsp3) is 0.308. The van der Waals surface area contributed by atoms with Crippen molar-refractivity contribution in [2.75, 3.05) is 22.9 Å². The number of rotatable bonds is 6. The summed E-state index contributed by atoms with van der Waals surface area (Å²) in [5.41, 5.74) is 6.51. The van der Waals surface area contributed by atoms with Crippen molar-refractivity contribution in [1.82, 2.24) is 15.0 Å². The molecule has 0 aliphatic carbocycles. The molecule has 0 amide bonds. The molecule has 2 aromatic rings. The van der Waals surface area contributed by atoms with Gasteiger partial charge in [0.2, 0.25) is 0 Å². The lowest BCUT2D eigenvalue weighted by atomic mass is 10.3. The standard InChI is InChI=1S/C13H17ClN6/c1-2-3-6-16-12-11(15)13(19-8-18-12)20-10-5-4-9(14)7-17-10/h4-5,7-8H,2-3,6,15H2,1H3,(H2,16,17,18,19,20). The summed E-state index contributed by atoms with van der Waals surface area (Å²) < 4.78 is 0. The molecule has 0 radical (unpaired) electrons. The lowest BCUT2D eigenvalue weighted by Crippen LogP contribution is -2.09. The SMILES string of the molecule is CCCCNc1ncnc(Nc2ccc(Cl)cn2)c1N. The summed E-state index contributed by atoms with van der Waals surface area (Å²) in [5.74, 6) is 1.78. The van der Waals surface area contributed by atoms with Crippen LogP contribution in [0, 0.1) is 0 Å². The Balaban J connectivity index is 2.11. The van der Waals surface area contributed by atoms with Crippen molar-refractivity contribution in [2.24, 2.45) is 0 Å². The van der Waals surface area contributed by atoms with Crippen LogP contribution in [0.25, 0.3) is 0 Å². The molecule has 7 heteroatoms. The van der Waals surface area contributed by atoms with Crippen LogP contribution in [0.2, 0.25) is 5.02 Å². The van der Waals surface area contributed by atoms with Crippen molar-refractivity contribution in [1.29, 1.82) is 0 Å². The maximum Gasteiger partial charge on any atom is 0.160 e. The van der Waals surface area contributed by atoms with Gasteiger partial charge in [-0.3, -0.25) is 0 Å². The van der Waals surface area contributed by atoms with Crippen molar-refractivity contribution in [3.8, 4) is 0 Å². The normalized spacial score (nSPS) is 10.3. The molecule has 6 nitrogen and oxygen atoms in total. The van der Waals surface area contributed by atoms with Gasteiger partial charge in [0.1, 0.15) is 17.8 Å². The van der Waals surface area contributed by atoms with Crippen LogP contribution < -0.4 is 16.4 Å². The maximum absolute atomic E-state index is 6.04. The predicted molar refractivity (Wildman–Crippen MR) is 82.4 cm³/mol. The van der Waals surface area contributed by atoms with E-state index in [4.69, 9.17) is 17.3 Å². The molecular formula is C13H17ClN6. The zero-order valence-corrected chi connectivity index (χ0v) is 12.0. The average molecular weight is 293 g/mol. The molecule has 0 spiro atoms. The number of nitrogens with one attached hydrogen (secondary N) is 2. The summed E-state index contributed by atoms with van der Waals surface area (Å²) in [4.78, 5) is 12.4. The molecular weight excluding hydrogens is 276 g/mol. The number of unbranched alkanes of at least 4 members (excludes halogenated alkanes) is 1. The van der Waals surface area contributed by atoms with Gasteiger partial charge in [0.05, 0.1) is 5.02 Å². The van der Waals surface area contributed by atoms with Crippen LogP contribution >= 0.6 is 11.6 Å². The van der Waals surface area contributed by atoms with E-state index in [9.17, 15) is 0 Å². The Labute approximate surface area is 122 Å². The Kier molecular flexibility index (Phi) is 4.95. The van der Waals surface area contributed by atoms with Gasteiger partial charge in [0, 0.05) is 12.7 Å². The van der Waals surface area contributed by atoms with Crippen molar-refractivity contribution in [3.63, 3.8) is 0 Å². The fourth-order valence-corrected chi connectivity index (χ4v) is 1.70. The monoisotopic (exact) mass is 292 g/mol. The maximum atomic E-state index is 6.04. The number of anilines is 4. The Morgan fingerprint density at radius 2 is 2.00 bits per heavy atom. The minimum Gasteiger partial charge on any atom is -0.393 e. The molecule has 2 rings (SSSR count). The van der Waals surface area contributed by atoms with E-state index in [1.807, 2.05) is 0 Å². The highest BCUT2D eigenvalue weighted by Crippen LogP contribution is 2.25. The van der Waals surface area contributed by atoms with Crippen LogP contribution in [-0.2, 0) is 0 Å². The highest BCUT2D eigenvalue weighted by atomic mass is 35.5. The first-order valence-electron chi connectivity index (χ1n) is 6.43. The highest BCUT2D eigenvalue weighted by Gasteiger charge is 2.08. The lowest BCUT2D eigenvalue weighted by molar-refractivity contribution is 0.831.